The number of aromatic nitrogens is 4. The van der Waals surface area contributed by atoms with Gasteiger partial charge in [0.1, 0.15) is 12.6 Å². The lowest BCUT2D eigenvalue weighted by molar-refractivity contribution is 0.189. The summed E-state index contributed by atoms with van der Waals surface area (Å²) in [7, 11) is 1.71. The van der Waals surface area contributed by atoms with Gasteiger partial charge in [0.2, 0.25) is 5.89 Å². The minimum atomic E-state index is 0.673. The second-order valence-electron chi connectivity index (χ2n) is 4.56. The van der Waals surface area contributed by atoms with Gasteiger partial charge < -0.3 is 13.7 Å². The van der Waals surface area contributed by atoms with Crippen LogP contribution in [0.25, 0.3) is 10.8 Å². The predicted octanol–water partition coefficient (Wildman–Crippen LogP) is 3.32. The van der Waals surface area contributed by atoms with Crippen molar-refractivity contribution in [3.63, 3.8) is 0 Å². The Bertz CT molecular complexity index is 693. The summed E-state index contributed by atoms with van der Waals surface area (Å²) in [6, 6.07) is 3.99. The molecule has 3 rings (SSSR count). The first-order chi connectivity index (χ1) is 10.9. The lowest BCUT2D eigenvalue weighted by atomic mass is 10.4. The summed E-state index contributed by atoms with van der Waals surface area (Å²) >= 11 is 3.22. The SMILES string of the molecule is COCCCn1cnnc1SCc1coc(-c2cccs2)n1. The van der Waals surface area contributed by atoms with E-state index < -0.39 is 0 Å². The van der Waals surface area contributed by atoms with Crippen LogP contribution in [0.2, 0.25) is 0 Å². The summed E-state index contributed by atoms with van der Waals surface area (Å²) in [5.41, 5.74) is 0.903. The highest BCUT2D eigenvalue weighted by Gasteiger charge is 2.10. The molecule has 3 heterocycles. The zero-order valence-corrected chi connectivity index (χ0v) is 13.8. The van der Waals surface area contributed by atoms with Crippen LogP contribution in [0.3, 0.4) is 0 Å². The highest BCUT2D eigenvalue weighted by molar-refractivity contribution is 7.98. The third-order valence-electron chi connectivity index (χ3n) is 2.96. The Kier molecular flexibility index (Phi) is 5.25. The number of hydrogen-bond donors (Lipinski definition) is 0. The first-order valence-electron chi connectivity index (χ1n) is 6.84. The van der Waals surface area contributed by atoms with Gasteiger partial charge in [0.25, 0.3) is 0 Å². The Morgan fingerprint density at radius 1 is 1.45 bits per heavy atom. The van der Waals surface area contributed by atoms with E-state index in [1.807, 2.05) is 22.1 Å². The van der Waals surface area contributed by atoms with E-state index >= 15 is 0 Å². The molecule has 0 unspecified atom stereocenters. The molecule has 0 aliphatic heterocycles. The Labute approximate surface area is 136 Å². The maximum atomic E-state index is 5.52. The second-order valence-corrected chi connectivity index (χ2v) is 6.45. The largest absolute Gasteiger partial charge is 0.444 e. The molecule has 22 heavy (non-hydrogen) atoms. The van der Waals surface area contributed by atoms with Gasteiger partial charge in [-0.1, -0.05) is 17.8 Å². The summed E-state index contributed by atoms with van der Waals surface area (Å²) in [4.78, 5) is 5.54. The number of methoxy groups -OCH3 is 1. The number of rotatable bonds is 8. The van der Waals surface area contributed by atoms with E-state index in [0.29, 0.717) is 11.6 Å². The molecule has 0 fully saturated rings. The Morgan fingerprint density at radius 3 is 3.23 bits per heavy atom. The van der Waals surface area contributed by atoms with E-state index in [9.17, 15) is 0 Å². The van der Waals surface area contributed by atoms with E-state index in [0.717, 1.165) is 35.3 Å². The zero-order chi connectivity index (χ0) is 15.2. The quantitative estimate of drug-likeness (QED) is 0.464. The van der Waals surface area contributed by atoms with Crippen LogP contribution in [-0.2, 0) is 17.0 Å². The average molecular weight is 336 g/mol. The van der Waals surface area contributed by atoms with Crippen molar-refractivity contribution >= 4 is 23.1 Å². The van der Waals surface area contributed by atoms with E-state index in [1.54, 1.807) is 42.8 Å². The van der Waals surface area contributed by atoms with Crippen LogP contribution in [0, 0.1) is 0 Å². The van der Waals surface area contributed by atoms with Crippen LogP contribution in [0.4, 0.5) is 0 Å². The van der Waals surface area contributed by atoms with Crippen molar-refractivity contribution in [1.29, 1.82) is 0 Å². The lowest BCUT2D eigenvalue weighted by Gasteiger charge is -2.04. The van der Waals surface area contributed by atoms with Crippen molar-refractivity contribution in [2.75, 3.05) is 13.7 Å². The summed E-state index contributed by atoms with van der Waals surface area (Å²) in [5, 5.41) is 11.0. The van der Waals surface area contributed by atoms with E-state index in [1.165, 1.54) is 0 Å². The Hall–Kier alpha value is -1.64. The van der Waals surface area contributed by atoms with Crippen molar-refractivity contribution in [3.05, 3.63) is 35.8 Å². The van der Waals surface area contributed by atoms with Crippen LogP contribution in [0.15, 0.2) is 39.7 Å². The van der Waals surface area contributed by atoms with Gasteiger partial charge in [0.05, 0.1) is 10.6 Å². The molecular formula is C14H16N4O2S2. The van der Waals surface area contributed by atoms with Gasteiger partial charge >= 0.3 is 0 Å². The van der Waals surface area contributed by atoms with Gasteiger partial charge in [-0.3, -0.25) is 0 Å². The highest BCUT2D eigenvalue weighted by Crippen LogP contribution is 2.26. The predicted molar refractivity (Wildman–Crippen MR) is 85.9 cm³/mol. The monoisotopic (exact) mass is 336 g/mol. The first-order valence-corrected chi connectivity index (χ1v) is 8.71. The number of nitrogens with zero attached hydrogens (tertiary/aromatic N) is 4. The molecule has 0 spiro atoms. The van der Waals surface area contributed by atoms with Crippen molar-refractivity contribution in [2.45, 2.75) is 23.9 Å². The summed E-state index contributed by atoms with van der Waals surface area (Å²) < 4.78 is 12.6. The number of hydrogen-bond acceptors (Lipinski definition) is 7. The van der Waals surface area contributed by atoms with Crippen molar-refractivity contribution in [2.24, 2.45) is 0 Å². The number of oxazole rings is 1. The molecule has 6 nitrogen and oxygen atoms in total. The van der Waals surface area contributed by atoms with Crippen molar-refractivity contribution < 1.29 is 9.15 Å². The summed E-state index contributed by atoms with van der Waals surface area (Å²) in [5.74, 6) is 1.38. The fourth-order valence-electron chi connectivity index (χ4n) is 1.91. The molecule has 116 valence electrons. The first kappa shape index (κ1) is 15.3. The molecule has 0 N–H and O–H groups in total. The highest BCUT2D eigenvalue weighted by atomic mass is 32.2. The van der Waals surface area contributed by atoms with Crippen LogP contribution < -0.4 is 0 Å². The molecule has 3 aromatic rings. The molecule has 0 aliphatic carbocycles. The molecule has 0 atom stereocenters. The normalized spacial score (nSPS) is 11.1. The van der Waals surface area contributed by atoms with Gasteiger partial charge in [-0.05, 0) is 17.9 Å². The molecule has 0 aromatic carbocycles. The minimum absolute atomic E-state index is 0.673. The van der Waals surface area contributed by atoms with E-state index in [4.69, 9.17) is 9.15 Å². The lowest BCUT2D eigenvalue weighted by Crippen LogP contribution is -2.02. The minimum Gasteiger partial charge on any atom is -0.444 e. The third kappa shape index (κ3) is 3.76. The topological polar surface area (TPSA) is 66.0 Å². The van der Waals surface area contributed by atoms with E-state index in [2.05, 4.69) is 15.2 Å². The summed E-state index contributed by atoms with van der Waals surface area (Å²) in [6.07, 6.45) is 4.39. The van der Waals surface area contributed by atoms with Gasteiger partial charge in [-0.25, -0.2) is 4.98 Å². The van der Waals surface area contributed by atoms with Crippen LogP contribution in [-0.4, -0.2) is 33.5 Å². The third-order valence-corrected chi connectivity index (χ3v) is 4.83. The molecule has 0 saturated heterocycles. The van der Waals surface area contributed by atoms with Gasteiger partial charge in [-0.15, -0.1) is 21.5 Å². The maximum absolute atomic E-state index is 5.52. The second kappa shape index (κ2) is 7.57. The fraction of sp³-hybridized carbons (Fsp3) is 0.357. The smallest absolute Gasteiger partial charge is 0.236 e. The zero-order valence-electron chi connectivity index (χ0n) is 12.1. The molecule has 8 heteroatoms. The number of thioether (sulfide) groups is 1. The number of thiophene rings is 1. The molecular weight excluding hydrogens is 320 g/mol. The number of aryl methyl sites for hydroxylation is 1. The number of ether oxygens (including phenoxy) is 1. The molecule has 0 radical (unpaired) electrons. The molecule has 3 aromatic heterocycles. The Morgan fingerprint density at radius 2 is 2.41 bits per heavy atom. The summed E-state index contributed by atoms with van der Waals surface area (Å²) in [6.45, 7) is 1.58. The van der Waals surface area contributed by atoms with Gasteiger partial charge in [0.15, 0.2) is 5.16 Å². The maximum Gasteiger partial charge on any atom is 0.236 e. The molecule has 0 bridgehead atoms. The van der Waals surface area contributed by atoms with E-state index in [-0.39, 0.29) is 0 Å². The standard InChI is InChI=1S/C14H16N4O2S2/c1-19-6-3-5-18-10-15-17-14(18)22-9-11-8-20-13(16-11)12-4-2-7-21-12/h2,4,7-8,10H,3,5-6,9H2,1H3. The van der Waals surface area contributed by atoms with Crippen LogP contribution in [0.1, 0.15) is 12.1 Å². The molecule has 0 amide bonds. The van der Waals surface area contributed by atoms with Gasteiger partial charge in [-0.2, -0.15) is 0 Å². The van der Waals surface area contributed by atoms with Gasteiger partial charge in [0, 0.05) is 26.0 Å². The van der Waals surface area contributed by atoms with Crippen molar-refractivity contribution in [1.82, 2.24) is 19.7 Å². The fourth-order valence-corrected chi connectivity index (χ4v) is 3.39. The van der Waals surface area contributed by atoms with Crippen LogP contribution in [0.5, 0.6) is 0 Å². The average Bonchev–Trinajstić information content (AvgIpc) is 3.26. The Balaban J connectivity index is 1.58. The van der Waals surface area contributed by atoms with Crippen molar-refractivity contribution in [3.8, 4) is 10.8 Å². The molecule has 0 saturated carbocycles. The van der Waals surface area contributed by atoms with Crippen LogP contribution >= 0.6 is 23.1 Å². The molecule has 0 aliphatic rings.